The van der Waals surface area contributed by atoms with Crippen molar-refractivity contribution in [2.24, 2.45) is 0 Å². The summed E-state index contributed by atoms with van der Waals surface area (Å²) in [5.74, 6) is 0.288. The highest BCUT2D eigenvalue weighted by atomic mass is 16.3. The molecule has 80 valence electrons. The minimum Gasteiger partial charge on any atom is -0.508 e. The van der Waals surface area contributed by atoms with Gasteiger partial charge >= 0.3 is 0 Å². The number of aryl methyl sites for hydroxylation is 1. The first-order valence-corrected chi connectivity index (χ1v) is 5.25. The number of allylic oxidation sites excluding steroid dienone is 3. The van der Waals surface area contributed by atoms with Crippen LogP contribution in [0.4, 0.5) is 0 Å². The van der Waals surface area contributed by atoms with Crippen LogP contribution in [0.1, 0.15) is 24.5 Å². The monoisotopic (exact) mass is 211 g/mol. The van der Waals surface area contributed by atoms with Gasteiger partial charge in [-0.15, -0.1) is 0 Å². The van der Waals surface area contributed by atoms with Crippen LogP contribution in [-0.2, 0) is 6.42 Å². The van der Waals surface area contributed by atoms with Gasteiger partial charge in [-0.25, -0.2) is 0 Å². The van der Waals surface area contributed by atoms with Gasteiger partial charge in [-0.05, 0) is 54.2 Å². The fraction of sp³-hybridized carbons (Fsp3) is 0.214. The smallest absolute Gasteiger partial charge is 0.115 e. The topological polar surface area (TPSA) is 44.0 Å². The molecule has 1 aliphatic carbocycles. The Labute approximate surface area is 95.2 Å². The maximum Gasteiger partial charge on any atom is 0.115 e. The predicted molar refractivity (Wildman–Crippen MR) is 63.8 cm³/mol. The molecule has 0 unspecified atom stereocenters. The zero-order valence-electron chi connectivity index (χ0n) is 9.25. The van der Waals surface area contributed by atoms with E-state index in [1.165, 1.54) is 0 Å². The van der Waals surface area contributed by atoms with E-state index in [1.54, 1.807) is 12.1 Å². The molecule has 16 heavy (non-hydrogen) atoms. The van der Waals surface area contributed by atoms with Gasteiger partial charge in [0.05, 0.1) is 6.07 Å². The van der Waals surface area contributed by atoms with Crippen LogP contribution in [0.15, 0.2) is 35.9 Å². The molecule has 0 amide bonds. The number of rotatable bonds is 0. The number of nitriles is 1. The van der Waals surface area contributed by atoms with E-state index in [4.69, 9.17) is 5.26 Å². The second kappa shape index (κ2) is 3.86. The van der Waals surface area contributed by atoms with E-state index >= 15 is 0 Å². The van der Waals surface area contributed by atoms with Gasteiger partial charge in [-0.3, -0.25) is 0 Å². The molecule has 0 saturated heterocycles. The van der Waals surface area contributed by atoms with Crippen molar-refractivity contribution in [2.75, 3.05) is 0 Å². The quantitative estimate of drug-likeness (QED) is 0.670. The molecule has 1 aliphatic rings. The lowest BCUT2D eigenvalue weighted by Gasteiger charge is -2.22. The van der Waals surface area contributed by atoms with Crippen LogP contribution < -0.4 is 0 Å². The number of fused-ring (bicyclic) bond motifs is 1. The third-order valence-corrected chi connectivity index (χ3v) is 3.04. The molecular weight excluding hydrogens is 198 g/mol. The van der Waals surface area contributed by atoms with Crippen LogP contribution in [0.5, 0.6) is 5.75 Å². The molecule has 0 radical (unpaired) electrons. The van der Waals surface area contributed by atoms with Crippen LogP contribution >= 0.6 is 0 Å². The van der Waals surface area contributed by atoms with Crippen molar-refractivity contribution in [3.05, 3.63) is 47.1 Å². The van der Waals surface area contributed by atoms with Gasteiger partial charge in [0.2, 0.25) is 0 Å². The number of hydrogen-bond acceptors (Lipinski definition) is 2. The lowest BCUT2D eigenvalue weighted by atomic mass is 9.82. The van der Waals surface area contributed by atoms with Crippen LogP contribution in [0.3, 0.4) is 0 Å². The fourth-order valence-electron chi connectivity index (χ4n) is 2.14. The zero-order chi connectivity index (χ0) is 11.7. The van der Waals surface area contributed by atoms with Crippen molar-refractivity contribution in [3.63, 3.8) is 0 Å². The first-order valence-electron chi connectivity index (χ1n) is 5.25. The maximum atomic E-state index is 9.40. The van der Waals surface area contributed by atoms with Crippen LogP contribution in [-0.4, -0.2) is 5.11 Å². The second-order valence-electron chi connectivity index (χ2n) is 4.04. The third-order valence-electron chi connectivity index (χ3n) is 3.04. The molecule has 0 aliphatic heterocycles. The van der Waals surface area contributed by atoms with E-state index in [0.717, 1.165) is 40.7 Å². The largest absolute Gasteiger partial charge is 0.508 e. The second-order valence-corrected chi connectivity index (χ2v) is 4.04. The van der Waals surface area contributed by atoms with Crippen molar-refractivity contribution >= 4 is 5.57 Å². The highest BCUT2D eigenvalue weighted by Gasteiger charge is 2.18. The van der Waals surface area contributed by atoms with Crippen molar-refractivity contribution in [3.8, 4) is 11.8 Å². The molecule has 0 heterocycles. The molecule has 0 bridgehead atoms. The molecular formula is C14H13NO. The van der Waals surface area contributed by atoms with Crippen molar-refractivity contribution in [2.45, 2.75) is 19.8 Å². The maximum absolute atomic E-state index is 9.40. The summed E-state index contributed by atoms with van der Waals surface area (Å²) in [6.45, 7) is 5.87. The van der Waals surface area contributed by atoms with Gasteiger partial charge in [-0.2, -0.15) is 5.26 Å². The van der Waals surface area contributed by atoms with Gasteiger partial charge in [-0.1, -0.05) is 12.6 Å². The fourth-order valence-corrected chi connectivity index (χ4v) is 2.14. The molecule has 1 aromatic rings. The van der Waals surface area contributed by atoms with Gasteiger partial charge < -0.3 is 5.11 Å². The average molecular weight is 211 g/mol. The van der Waals surface area contributed by atoms with Crippen LogP contribution in [0.25, 0.3) is 5.57 Å². The number of nitrogens with zero attached hydrogens (tertiary/aromatic N) is 1. The van der Waals surface area contributed by atoms with E-state index < -0.39 is 0 Å². The van der Waals surface area contributed by atoms with Crippen molar-refractivity contribution in [1.29, 1.82) is 5.26 Å². The molecule has 0 atom stereocenters. The summed E-state index contributed by atoms with van der Waals surface area (Å²) in [6.07, 6.45) is 1.69. The Balaban J connectivity index is 2.53. The Morgan fingerprint density at radius 1 is 1.44 bits per heavy atom. The van der Waals surface area contributed by atoms with Gasteiger partial charge in [0.15, 0.2) is 0 Å². The standard InChI is InChI=1S/C14H13NO/c1-9(8-15)13-5-3-11-7-12(16)4-6-14(11)10(13)2/h4,6-7,16H,2-3,5H2,1H3/b13-9+. The molecule has 2 rings (SSSR count). The average Bonchev–Trinajstić information content (AvgIpc) is 2.28. The minimum absolute atomic E-state index is 0.288. The summed E-state index contributed by atoms with van der Waals surface area (Å²) in [5.41, 5.74) is 4.86. The summed E-state index contributed by atoms with van der Waals surface area (Å²) in [7, 11) is 0. The number of hydrogen-bond donors (Lipinski definition) is 1. The number of phenolic OH excluding ortho intramolecular Hbond substituents is 1. The Morgan fingerprint density at radius 2 is 2.19 bits per heavy atom. The first kappa shape index (κ1) is 10.5. The normalized spacial score (nSPS) is 17.6. The third kappa shape index (κ3) is 1.61. The van der Waals surface area contributed by atoms with E-state index in [1.807, 2.05) is 13.0 Å². The Bertz CT molecular complexity index is 532. The number of phenols is 1. The Kier molecular flexibility index (Phi) is 2.54. The summed E-state index contributed by atoms with van der Waals surface area (Å²) < 4.78 is 0. The molecule has 0 saturated carbocycles. The summed E-state index contributed by atoms with van der Waals surface area (Å²) in [4.78, 5) is 0. The zero-order valence-corrected chi connectivity index (χ0v) is 9.25. The lowest BCUT2D eigenvalue weighted by Crippen LogP contribution is -2.05. The lowest BCUT2D eigenvalue weighted by molar-refractivity contribution is 0.474. The minimum atomic E-state index is 0.288. The highest BCUT2D eigenvalue weighted by molar-refractivity contribution is 5.82. The van der Waals surface area contributed by atoms with Crippen LogP contribution in [0, 0.1) is 11.3 Å². The SMILES string of the molecule is C=C1/C(=C(\C)C#N)CCc2cc(O)ccc21. The van der Waals surface area contributed by atoms with E-state index in [9.17, 15) is 5.11 Å². The van der Waals surface area contributed by atoms with Crippen molar-refractivity contribution in [1.82, 2.24) is 0 Å². The molecule has 2 heteroatoms. The van der Waals surface area contributed by atoms with E-state index in [2.05, 4.69) is 12.6 Å². The summed E-state index contributed by atoms with van der Waals surface area (Å²) in [5, 5.41) is 18.3. The molecule has 1 N–H and O–H groups in total. The molecule has 1 aromatic carbocycles. The molecule has 2 nitrogen and oxygen atoms in total. The van der Waals surface area contributed by atoms with Gasteiger partial charge in [0, 0.05) is 5.57 Å². The van der Waals surface area contributed by atoms with E-state index in [0.29, 0.717) is 0 Å². The number of aromatic hydroxyl groups is 1. The van der Waals surface area contributed by atoms with Crippen LogP contribution in [0.2, 0.25) is 0 Å². The number of benzene rings is 1. The molecule has 0 spiro atoms. The Morgan fingerprint density at radius 3 is 2.88 bits per heavy atom. The van der Waals surface area contributed by atoms with Gasteiger partial charge in [0.1, 0.15) is 5.75 Å². The molecule has 0 aromatic heterocycles. The van der Waals surface area contributed by atoms with Gasteiger partial charge in [0.25, 0.3) is 0 Å². The predicted octanol–water partition coefficient (Wildman–Crippen LogP) is 3.19. The van der Waals surface area contributed by atoms with E-state index in [-0.39, 0.29) is 5.75 Å². The summed E-state index contributed by atoms with van der Waals surface area (Å²) >= 11 is 0. The van der Waals surface area contributed by atoms with Crippen molar-refractivity contribution < 1.29 is 5.11 Å². The summed E-state index contributed by atoms with van der Waals surface area (Å²) in [6, 6.07) is 7.49. The Hall–Kier alpha value is -2.01. The first-order chi connectivity index (χ1) is 7.63. The molecule has 0 fully saturated rings. The highest BCUT2D eigenvalue weighted by Crippen LogP contribution is 2.36.